The molecule has 26 heavy (non-hydrogen) atoms. The molecule has 3 N–H and O–H groups in total. The van der Waals surface area contributed by atoms with Gasteiger partial charge in [0.05, 0.1) is 10.6 Å². The van der Waals surface area contributed by atoms with Gasteiger partial charge in [-0.15, -0.1) is 12.4 Å². The molecule has 1 aliphatic heterocycles. The molecule has 1 aromatic carbocycles. The molecule has 0 spiro atoms. The van der Waals surface area contributed by atoms with Crippen LogP contribution in [0, 0.1) is 0 Å². The maximum atomic E-state index is 12.4. The van der Waals surface area contributed by atoms with Crippen molar-refractivity contribution in [1.29, 1.82) is 0 Å². The van der Waals surface area contributed by atoms with Crippen molar-refractivity contribution >= 4 is 28.2 Å². The summed E-state index contributed by atoms with van der Waals surface area (Å²) in [7, 11) is -3.58. The molecule has 1 unspecified atom stereocenters. The molecular formula is C17H27ClN2O5S. The van der Waals surface area contributed by atoms with Gasteiger partial charge in [0, 0.05) is 25.1 Å². The van der Waals surface area contributed by atoms with Crippen molar-refractivity contribution in [3.05, 3.63) is 18.2 Å². The van der Waals surface area contributed by atoms with Crippen molar-refractivity contribution in [2.24, 2.45) is 5.73 Å². The summed E-state index contributed by atoms with van der Waals surface area (Å²) in [6.45, 7) is 3.24. The lowest BCUT2D eigenvalue weighted by atomic mass is 10.1. The normalized spacial score (nSPS) is 14.2. The van der Waals surface area contributed by atoms with Gasteiger partial charge in [-0.3, -0.25) is 4.79 Å². The highest BCUT2D eigenvalue weighted by Crippen LogP contribution is 2.32. The number of benzene rings is 1. The number of halogens is 1. The van der Waals surface area contributed by atoms with E-state index in [-0.39, 0.29) is 41.4 Å². The minimum Gasteiger partial charge on any atom is -0.486 e. The Morgan fingerprint density at radius 3 is 2.62 bits per heavy atom. The van der Waals surface area contributed by atoms with Gasteiger partial charge in [-0.05, 0) is 18.6 Å². The highest BCUT2D eigenvalue weighted by Gasteiger charge is 2.21. The first-order valence-corrected chi connectivity index (χ1v) is 10.2. The van der Waals surface area contributed by atoms with Crippen LogP contribution >= 0.6 is 12.4 Å². The number of rotatable bonds is 9. The molecular weight excluding hydrogens is 380 g/mol. The first-order valence-electron chi connectivity index (χ1n) is 8.58. The van der Waals surface area contributed by atoms with E-state index in [1.54, 1.807) is 6.07 Å². The average molecular weight is 407 g/mol. The van der Waals surface area contributed by atoms with Gasteiger partial charge >= 0.3 is 0 Å². The molecule has 1 atom stereocenters. The maximum Gasteiger partial charge on any atom is 0.221 e. The monoisotopic (exact) mass is 406 g/mol. The SMILES string of the molecule is CCCCC(CN)NC(=O)CCS(=O)(=O)c1ccc2c(c1)OCCO2.Cl. The van der Waals surface area contributed by atoms with Gasteiger partial charge in [0.15, 0.2) is 21.3 Å². The molecule has 1 heterocycles. The van der Waals surface area contributed by atoms with E-state index < -0.39 is 9.84 Å². The third-order valence-electron chi connectivity index (χ3n) is 4.03. The second-order valence-electron chi connectivity index (χ2n) is 6.02. The van der Waals surface area contributed by atoms with Crippen molar-refractivity contribution in [3.63, 3.8) is 0 Å². The number of amides is 1. The highest BCUT2D eigenvalue weighted by atomic mass is 35.5. The summed E-state index contributed by atoms with van der Waals surface area (Å²) in [5.74, 6) is 0.390. The molecule has 148 valence electrons. The second kappa shape index (κ2) is 10.6. The summed E-state index contributed by atoms with van der Waals surface area (Å²) < 4.78 is 35.7. The molecule has 0 bridgehead atoms. The summed E-state index contributed by atoms with van der Waals surface area (Å²) in [5.41, 5.74) is 5.64. The van der Waals surface area contributed by atoms with E-state index >= 15 is 0 Å². The fourth-order valence-corrected chi connectivity index (χ4v) is 3.81. The number of carbonyl (C=O) groups excluding carboxylic acids is 1. The van der Waals surface area contributed by atoms with Crippen molar-refractivity contribution < 1.29 is 22.7 Å². The zero-order valence-electron chi connectivity index (χ0n) is 14.9. The number of sulfone groups is 1. The summed E-state index contributed by atoms with van der Waals surface area (Å²) >= 11 is 0. The number of fused-ring (bicyclic) bond motifs is 1. The molecule has 1 aliphatic rings. The molecule has 0 saturated carbocycles. The van der Waals surface area contributed by atoms with Crippen LogP contribution in [0.2, 0.25) is 0 Å². The zero-order valence-corrected chi connectivity index (χ0v) is 16.5. The van der Waals surface area contributed by atoms with Gasteiger partial charge in [0.1, 0.15) is 13.2 Å². The number of carbonyl (C=O) groups is 1. The summed E-state index contributed by atoms with van der Waals surface area (Å²) in [6, 6.07) is 4.40. The number of ether oxygens (including phenoxy) is 2. The van der Waals surface area contributed by atoms with Crippen LogP contribution in [-0.4, -0.2) is 45.9 Å². The molecule has 0 saturated heterocycles. The highest BCUT2D eigenvalue weighted by molar-refractivity contribution is 7.91. The summed E-state index contributed by atoms with van der Waals surface area (Å²) in [5, 5.41) is 2.80. The van der Waals surface area contributed by atoms with Crippen LogP contribution in [-0.2, 0) is 14.6 Å². The molecule has 9 heteroatoms. The van der Waals surface area contributed by atoms with Crippen LogP contribution in [0.15, 0.2) is 23.1 Å². The number of nitrogens with one attached hydrogen (secondary N) is 1. The van der Waals surface area contributed by atoms with Gasteiger partial charge in [0.25, 0.3) is 0 Å². The Balaban J connectivity index is 0.00000338. The molecule has 0 aromatic heterocycles. The Morgan fingerprint density at radius 2 is 1.96 bits per heavy atom. The molecule has 0 radical (unpaired) electrons. The minimum atomic E-state index is -3.58. The average Bonchev–Trinajstić information content (AvgIpc) is 2.63. The standard InChI is InChI=1S/C17H26N2O5S.ClH/c1-2-3-4-13(12-18)19-17(20)7-10-25(21,22)14-5-6-15-16(11-14)24-9-8-23-15;/h5-6,11,13H,2-4,7-10,12,18H2,1H3,(H,19,20);1H. The van der Waals surface area contributed by atoms with Crippen LogP contribution in [0.1, 0.15) is 32.6 Å². The lowest BCUT2D eigenvalue weighted by Gasteiger charge is -2.19. The molecule has 1 amide bonds. The number of nitrogens with two attached hydrogens (primary N) is 1. The van der Waals surface area contributed by atoms with E-state index in [0.717, 1.165) is 19.3 Å². The largest absolute Gasteiger partial charge is 0.486 e. The number of hydrogen-bond donors (Lipinski definition) is 2. The van der Waals surface area contributed by atoms with E-state index in [4.69, 9.17) is 15.2 Å². The lowest BCUT2D eigenvalue weighted by Crippen LogP contribution is -2.40. The van der Waals surface area contributed by atoms with E-state index in [0.29, 0.717) is 31.3 Å². The molecule has 7 nitrogen and oxygen atoms in total. The van der Waals surface area contributed by atoms with Crippen molar-refractivity contribution in [3.8, 4) is 11.5 Å². The second-order valence-corrected chi connectivity index (χ2v) is 8.13. The van der Waals surface area contributed by atoms with Gasteiger partial charge in [0.2, 0.25) is 5.91 Å². The van der Waals surface area contributed by atoms with Crippen molar-refractivity contribution in [2.75, 3.05) is 25.5 Å². The van der Waals surface area contributed by atoms with E-state index in [9.17, 15) is 13.2 Å². The van der Waals surface area contributed by atoms with Crippen molar-refractivity contribution in [2.45, 2.75) is 43.5 Å². The third kappa shape index (κ3) is 6.34. The van der Waals surface area contributed by atoms with Gasteiger partial charge < -0.3 is 20.5 Å². The van der Waals surface area contributed by atoms with Crippen LogP contribution in [0.4, 0.5) is 0 Å². The minimum absolute atomic E-state index is 0. The van der Waals surface area contributed by atoms with Crippen LogP contribution < -0.4 is 20.5 Å². The Morgan fingerprint density at radius 1 is 1.27 bits per heavy atom. The van der Waals surface area contributed by atoms with Crippen molar-refractivity contribution in [1.82, 2.24) is 5.32 Å². The predicted octanol–water partition coefficient (Wildman–Crippen LogP) is 1.68. The van der Waals surface area contributed by atoms with Gasteiger partial charge in [-0.25, -0.2) is 8.42 Å². The Bertz CT molecular complexity index is 696. The topological polar surface area (TPSA) is 108 Å². The summed E-state index contributed by atoms with van der Waals surface area (Å²) in [6.07, 6.45) is 2.69. The fourth-order valence-electron chi connectivity index (χ4n) is 2.56. The first kappa shape index (κ1) is 22.5. The van der Waals surface area contributed by atoms with E-state index in [1.807, 2.05) is 0 Å². The van der Waals surface area contributed by atoms with Gasteiger partial charge in [-0.2, -0.15) is 0 Å². The van der Waals surface area contributed by atoms with E-state index in [2.05, 4.69) is 12.2 Å². The molecule has 1 aromatic rings. The zero-order chi connectivity index (χ0) is 18.3. The lowest BCUT2D eigenvalue weighted by molar-refractivity contribution is -0.121. The van der Waals surface area contributed by atoms with Gasteiger partial charge in [-0.1, -0.05) is 19.8 Å². The fraction of sp³-hybridized carbons (Fsp3) is 0.588. The third-order valence-corrected chi connectivity index (χ3v) is 5.74. The maximum absolute atomic E-state index is 12.4. The van der Waals surface area contributed by atoms with Crippen LogP contribution in [0.25, 0.3) is 0 Å². The quantitative estimate of drug-likeness (QED) is 0.645. The smallest absolute Gasteiger partial charge is 0.221 e. The summed E-state index contributed by atoms with van der Waals surface area (Å²) in [4.78, 5) is 12.1. The Labute approximate surface area is 160 Å². The predicted molar refractivity (Wildman–Crippen MR) is 102 cm³/mol. The van der Waals surface area contributed by atoms with Crippen LogP contribution in [0.3, 0.4) is 0 Å². The number of hydrogen-bond acceptors (Lipinski definition) is 6. The van der Waals surface area contributed by atoms with E-state index in [1.165, 1.54) is 12.1 Å². The Hall–Kier alpha value is -1.51. The molecule has 2 rings (SSSR count). The van der Waals surface area contributed by atoms with Crippen LogP contribution in [0.5, 0.6) is 11.5 Å². The molecule has 0 fully saturated rings. The number of unbranched alkanes of at least 4 members (excludes halogenated alkanes) is 1. The first-order chi connectivity index (χ1) is 12.0. The molecule has 0 aliphatic carbocycles. The Kier molecular flexibility index (Phi) is 9.18.